The molecule has 0 unspecified atom stereocenters. The van der Waals surface area contributed by atoms with E-state index in [1.54, 1.807) is 36.4 Å². The molecule has 1 aliphatic rings. The highest BCUT2D eigenvalue weighted by Gasteiger charge is 2.33. The van der Waals surface area contributed by atoms with Crippen LogP contribution in [0.4, 0.5) is 5.69 Å². The number of carboxylic acid groups (broad SMARTS) is 1. The zero-order chi connectivity index (χ0) is 16.6. The molecule has 0 atom stereocenters. The van der Waals surface area contributed by atoms with Gasteiger partial charge in [-0.3, -0.25) is 14.4 Å². The fourth-order valence-corrected chi connectivity index (χ4v) is 2.91. The molecule has 0 saturated carbocycles. The molecule has 0 fully saturated rings. The van der Waals surface area contributed by atoms with Gasteiger partial charge in [0.15, 0.2) is 11.6 Å². The van der Waals surface area contributed by atoms with Gasteiger partial charge in [-0.1, -0.05) is 35.9 Å². The van der Waals surface area contributed by atoms with Crippen LogP contribution in [0.5, 0.6) is 0 Å². The minimum absolute atomic E-state index is 0.0941. The number of carboxylic acids is 1. The number of anilines is 1. The summed E-state index contributed by atoms with van der Waals surface area (Å²) >= 11 is 6.10. The summed E-state index contributed by atoms with van der Waals surface area (Å²) in [7, 11) is 0. The number of ketones is 2. The molecule has 0 amide bonds. The van der Waals surface area contributed by atoms with Crippen molar-refractivity contribution >= 4 is 34.8 Å². The van der Waals surface area contributed by atoms with Crippen LogP contribution in [0.25, 0.3) is 0 Å². The zero-order valence-electron chi connectivity index (χ0n) is 11.9. The summed E-state index contributed by atoms with van der Waals surface area (Å²) in [6.45, 7) is 0.155. The number of nitrogens with one attached hydrogen (secondary N) is 1. The maximum atomic E-state index is 12.8. The maximum Gasteiger partial charge on any atom is 0.305 e. The second-order valence-electron chi connectivity index (χ2n) is 5.12. The molecule has 0 radical (unpaired) electrons. The van der Waals surface area contributed by atoms with E-state index in [4.69, 9.17) is 16.7 Å². The molecule has 3 rings (SSSR count). The number of hydrogen-bond acceptors (Lipinski definition) is 4. The average molecular weight is 330 g/mol. The zero-order valence-corrected chi connectivity index (χ0v) is 12.7. The monoisotopic (exact) mass is 329 g/mol. The summed E-state index contributed by atoms with van der Waals surface area (Å²) in [6.07, 6.45) is -0.0941. The molecule has 0 heterocycles. The first-order valence-corrected chi connectivity index (χ1v) is 7.35. The van der Waals surface area contributed by atoms with Crippen molar-refractivity contribution in [2.24, 2.45) is 0 Å². The van der Waals surface area contributed by atoms with Crippen molar-refractivity contribution in [3.8, 4) is 0 Å². The lowest BCUT2D eigenvalue weighted by atomic mass is 9.83. The van der Waals surface area contributed by atoms with E-state index in [-0.39, 0.29) is 46.2 Å². The van der Waals surface area contributed by atoms with Crippen LogP contribution in [0.3, 0.4) is 0 Å². The van der Waals surface area contributed by atoms with Gasteiger partial charge < -0.3 is 10.4 Å². The van der Waals surface area contributed by atoms with E-state index in [0.29, 0.717) is 11.3 Å². The largest absolute Gasteiger partial charge is 0.481 e. The Morgan fingerprint density at radius 3 is 2.35 bits per heavy atom. The SMILES string of the molecule is O=C(O)CCNc1cccc2c1C(=O)c1c(Cl)cccc1C2=O. The molecular formula is C17H12ClNO4. The average Bonchev–Trinajstić information content (AvgIpc) is 2.52. The van der Waals surface area contributed by atoms with E-state index in [0.717, 1.165) is 0 Å². The molecule has 0 bridgehead atoms. The van der Waals surface area contributed by atoms with Gasteiger partial charge in [0.05, 0.1) is 22.6 Å². The highest BCUT2D eigenvalue weighted by molar-refractivity contribution is 6.39. The number of carbonyl (C=O) groups is 3. The molecule has 0 aromatic heterocycles. The molecule has 116 valence electrons. The number of benzene rings is 2. The van der Waals surface area contributed by atoms with Crippen molar-refractivity contribution in [1.82, 2.24) is 0 Å². The number of fused-ring (bicyclic) bond motifs is 2. The first-order valence-electron chi connectivity index (χ1n) is 6.97. The molecule has 23 heavy (non-hydrogen) atoms. The second-order valence-corrected chi connectivity index (χ2v) is 5.53. The Balaban J connectivity index is 2.07. The standard InChI is InChI=1S/C17H12ClNO4/c18-11-5-1-3-9-14(11)17(23)15-10(16(9)22)4-2-6-12(15)19-8-7-13(20)21/h1-6,19H,7-8H2,(H,20,21). The Hall–Kier alpha value is -2.66. The Kier molecular flexibility index (Phi) is 3.88. The van der Waals surface area contributed by atoms with E-state index < -0.39 is 5.97 Å². The Labute approximate surface area is 136 Å². The summed E-state index contributed by atoms with van der Waals surface area (Å²) in [4.78, 5) is 36.0. The minimum Gasteiger partial charge on any atom is -0.481 e. The van der Waals surface area contributed by atoms with Crippen LogP contribution in [0, 0.1) is 0 Å². The van der Waals surface area contributed by atoms with Gasteiger partial charge in [-0.2, -0.15) is 0 Å². The van der Waals surface area contributed by atoms with Crippen molar-refractivity contribution in [2.75, 3.05) is 11.9 Å². The highest BCUT2D eigenvalue weighted by Crippen LogP contribution is 2.35. The number of aliphatic carboxylic acids is 1. The molecule has 6 heteroatoms. The summed E-state index contributed by atoms with van der Waals surface area (Å²) < 4.78 is 0. The Bertz CT molecular complexity index is 844. The van der Waals surface area contributed by atoms with Gasteiger partial charge in [0.2, 0.25) is 0 Å². The summed E-state index contributed by atoms with van der Waals surface area (Å²) in [5, 5.41) is 11.8. The van der Waals surface area contributed by atoms with Crippen LogP contribution in [-0.4, -0.2) is 29.2 Å². The fourth-order valence-electron chi connectivity index (χ4n) is 2.65. The molecule has 1 aliphatic carbocycles. The van der Waals surface area contributed by atoms with Gasteiger partial charge in [-0.25, -0.2) is 0 Å². The van der Waals surface area contributed by atoms with E-state index >= 15 is 0 Å². The van der Waals surface area contributed by atoms with Gasteiger partial charge >= 0.3 is 5.97 Å². The summed E-state index contributed by atoms with van der Waals surface area (Å²) in [5.74, 6) is -1.55. The lowest BCUT2D eigenvalue weighted by molar-refractivity contribution is -0.136. The third-order valence-electron chi connectivity index (χ3n) is 3.68. The smallest absolute Gasteiger partial charge is 0.305 e. The van der Waals surface area contributed by atoms with Crippen LogP contribution in [0.15, 0.2) is 36.4 Å². The van der Waals surface area contributed by atoms with Crippen LogP contribution < -0.4 is 5.32 Å². The minimum atomic E-state index is -0.946. The highest BCUT2D eigenvalue weighted by atomic mass is 35.5. The first-order chi connectivity index (χ1) is 11.0. The van der Waals surface area contributed by atoms with Gasteiger partial charge in [0.25, 0.3) is 0 Å². The van der Waals surface area contributed by atoms with Crippen LogP contribution in [0.2, 0.25) is 5.02 Å². The topological polar surface area (TPSA) is 83.5 Å². The molecular weight excluding hydrogens is 318 g/mol. The van der Waals surface area contributed by atoms with E-state index in [2.05, 4.69) is 5.32 Å². The molecule has 0 spiro atoms. The Morgan fingerprint density at radius 2 is 1.65 bits per heavy atom. The first kappa shape index (κ1) is 15.2. The van der Waals surface area contributed by atoms with Gasteiger partial charge in [0, 0.05) is 23.4 Å². The lowest BCUT2D eigenvalue weighted by Crippen LogP contribution is -2.23. The molecule has 2 aromatic carbocycles. The predicted octanol–water partition coefficient (Wildman–Crippen LogP) is 3.00. The van der Waals surface area contributed by atoms with Crippen molar-refractivity contribution < 1.29 is 19.5 Å². The van der Waals surface area contributed by atoms with Gasteiger partial charge in [-0.05, 0) is 12.1 Å². The summed E-state index contributed by atoms with van der Waals surface area (Å²) in [6, 6.07) is 9.66. The lowest BCUT2D eigenvalue weighted by Gasteiger charge is -2.21. The fraction of sp³-hybridized carbons (Fsp3) is 0.118. The normalized spacial score (nSPS) is 12.6. The van der Waals surface area contributed by atoms with E-state index in [9.17, 15) is 14.4 Å². The quantitative estimate of drug-likeness (QED) is 0.768. The van der Waals surface area contributed by atoms with E-state index in [1.165, 1.54) is 0 Å². The molecule has 5 nitrogen and oxygen atoms in total. The number of carbonyl (C=O) groups excluding carboxylic acids is 2. The maximum absolute atomic E-state index is 12.8. The summed E-state index contributed by atoms with van der Waals surface area (Å²) in [5.41, 5.74) is 1.46. The number of rotatable bonds is 4. The molecule has 2 aromatic rings. The van der Waals surface area contributed by atoms with Crippen LogP contribution >= 0.6 is 11.6 Å². The van der Waals surface area contributed by atoms with Crippen LogP contribution in [0.1, 0.15) is 38.3 Å². The van der Waals surface area contributed by atoms with Gasteiger partial charge in [0.1, 0.15) is 0 Å². The van der Waals surface area contributed by atoms with Crippen molar-refractivity contribution in [3.63, 3.8) is 0 Å². The molecule has 2 N–H and O–H groups in total. The number of hydrogen-bond donors (Lipinski definition) is 2. The third kappa shape index (κ3) is 2.59. The predicted molar refractivity (Wildman–Crippen MR) is 85.5 cm³/mol. The van der Waals surface area contributed by atoms with Crippen molar-refractivity contribution in [1.29, 1.82) is 0 Å². The van der Waals surface area contributed by atoms with Crippen LogP contribution in [-0.2, 0) is 4.79 Å². The van der Waals surface area contributed by atoms with Gasteiger partial charge in [-0.15, -0.1) is 0 Å². The molecule has 0 saturated heterocycles. The van der Waals surface area contributed by atoms with Crippen molar-refractivity contribution in [2.45, 2.75) is 6.42 Å². The number of halogens is 1. The van der Waals surface area contributed by atoms with Crippen molar-refractivity contribution in [3.05, 3.63) is 63.7 Å². The van der Waals surface area contributed by atoms with E-state index in [1.807, 2.05) is 0 Å². The second kappa shape index (κ2) is 5.85. The third-order valence-corrected chi connectivity index (χ3v) is 3.99. The molecule has 0 aliphatic heterocycles. The Morgan fingerprint density at radius 1 is 1.00 bits per heavy atom.